The zero-order valence-electron chi connectivity index (χ0n) is 31.8. The number of amides is 2. The number of aliphatic carboxylic acids is 1. The highest BCUT2D eigenvalue weighted by atomic mass is 32.2. The first-order valence-electron chi connectivity index (χ1n) is 16.6. The van der Waals surface area contributed by atoms with Crippen LogP contribution in [0.25, 0.3) is 0 Å². The Labute approximate surface area is 329 Å². The third kappa shape index (κ3) is 14.5. The van der Waals surface area contributed by atoms with Crippen molar-refractivity contribution in [2.75, 3.05) is 47.0 Å². The maximum Gasteiger partial charge on any atom is 0.322 e. The number of carboxylic acids is 1. The molecule has 0 aliphatic heterocycles. The summed E-state index contributed by atoms with van der Waals surface area (Å²) in [5, 5.41) is 18.5. The van der Waals surface area contributed by atoms with Gasteiger partial charge in [0, 0.05) is 50.1 Å². The number of hydrogen-bond donors (Lipinski definition) is 4. The number of nitrogens with two attached hydrogens (primary N) is 1. The van der Waals surface area contributed by atoms with Gasteiger partial charge in [0.2, 0.25) is 20.0 Å². The van der Waals surface area contributed by atoms with Gasteiger partial charge in [-0.05, 0) is 48.2 Å². The number of carbonyl (C=O) groups is 4. The van der Waals surface area contributed by atoms with E-state index < -0.39 is 44.4 Å². The molecule has 300 valence electrons. The Morgan fingerprint density at radius 1 is 0.727 bits per heavy atom. The Morgan fingerprint density at radius 3 is 1.53 bits per heavy atom. The van der Waals surface area contributed by atoms with Crippen LogP contribution in [0.3, 0.4) is 0 Å². The van der Waals surface area contributed by atoms with E-state index >= 15 is 0 Å². The average Bonchev–Trinajstić information content (AvgIpc) is 3.79. The van der Waals surface area contributed by atoms with Crippen molar-refractivity contribution >= 4 is 71.4 Å². The number of carboxylic acid groups (broad SMARTS) is 1. The van der Waals surface area contributed by atoms with Crippen LogP contribution >= 0.6 is 22.7 Å². The molecule has 55 heavy (non-hydrogen) atoms. The molecule has 16 nitrogen and oxygen atoms in total. The summed E-state index contributed by atoms with van der Waals surface area (Å²) in [5.74, 6) is -1.68. The van der Waals surface area contributed by atoms with Crippen LogP contribution in [-0.4, -0.2) is 105 Å². The zero-order chi connectivity index (χ0) is 41.7. The number of rotatable bonds is 14. The summed E-state index contributed by atoms with van der Waals surface area (Å²) in [6.07, 6.45) is 0.159. The highest BCUT2D eigenvalue weighted by molar-refractivity contribution is 7.89. The molecule has 0 unspecified atom stereocenters. The van der Waals surface area contributed by atoms with E-state index in [0.717, 1.165) is 25.0 Å². The smallest absolute Gasteiger partial charge is 0.322 e. The fourth-order valence-corrected chi connectivity index (χ4v) is 7.63. The Kier molecular flexibility index (Phi) is 17.7. The number of sulfonamides is 2. The quantitative estimate of drug-likeness (QED) is 0.142. The number of nitrogens with zero attached hydrogens (tertiary/aromatic N) is 4. The number of nitrogens with one attached hydrogen (secondary N) is 2. The summed E-state index contributed by atoms with van der Waals surface area (Å²) in [6, 6.07) is 11.1. The summed E-state index contributed by atoms with van der Waals surface area (Å²) in [7, 11) is -1.65. The minimum atomic E-state index is -3.63. The lowest BCUT2D eigenvalue weighted by molar-refractivity contribution is -0.135. The van der Waals surface area contributed by atoms with Gasteiger partial charge in [-0.1, -0.05) is 39.8 Å². The van der Waals surface area contributed by atoms with Crippen molar-refractivity contribution in [2.45, 2.75) is 55.7 Å². The molecule has 0 saturated heterocycles. The molecule has 0 saturated carbocycles. The van der Waals surface area contributed by atoms with E-state index in [4.69, 9.17) is 10.8 Å². The highest BCUT2D eigenvalue weighted by Gasteiger charge is 2.20. The van der Waals surface area contributed by atoms with E-state index in [2.05, 4.69) is 34.4 Å². The molecule has 0 aliphatic rings. The summed E-state index contributed by atoms with van der Waals surface area (Å²) >= 11 is 2.93. The summed E-state index contributed by atoms with van der Waals surface area (Å²) < 4.78 is 50.2. The molecule has 0 spiro atoms. The summed E-state index contributed by atoms with van der Waals surface area (Å²) in [6.45, 7) is 7.61. The number of ketones is 1. The fraction of sp³-hybridized carbons (Fsp3) is 0.371. The summed E-state index contributed by atoms with van der Waals surface area (Å²) in [4.78, 5) is 54.8. The van der Waals surface area contributed by atoms with Crippen molar-refractivity contribution in [3.63, 3.8) is 0 Å². The molecular formula is C35H47N7O9S4. The Bertz CT molecular complexity index is 2160. The maximum atomic E-state index is 12.3. The highest BCUT2D eigenvalue weighted by Crippen LogP contribution is 2.20. The van der Waals surface area contributed by atoms with Crippen molar-refractivity contribution < 1.29 is 41.1 Å². The number of carbonyl (C=O) groups excluding carboxylic acids is 3. The normalized spacial score (nSPS) is 11.4. The molecule has 4 rings (SSSR count). The fourth-order valence-electron chi connectivity index (χ4n) is 4.02. The molecule has 2 amide bonds. The molecule has 0 fully saturated rings. The van der Waals surface area contributed by atoms with Gasteiger partial charge in [-0.3, -0.25) is 19.2 Å². The lowest BCUT2D eigenvalue weighted by Crippen LogP contribution is -2.30. The SMILES string of the molecule is CC(C)c1csc(CC(=O)CNC(=O)c2cccc(S(=O)(=O)N(C)C)c2)n1.CC(C)c1csc(N)n1.CN(C)S(=O)(=O)c1cccc(C(=O)NCC(=O)O)c1. The first-order chi connectivity index (χ1) is 25.6. The van der Waals surface area contributed by atoms with Crippen LogP contribution in [0.5, 0.6) is 0 Å². The van der Waals surface area contributed by atoms with Gasteiger partial charge in [0.15, 0.2) is 10.9 Å². The van der Waals surface area contributed by atoms with Gasteiger partial charge < -0.3 is 21.5 Å². The third-order valence-corrected chi connectivity index (χ3v) is 12.4. The second-order valence-corrected chi connectivity index (χ2v) is 18.8. The van der Waals surface area contributed by atoms with Gasteiger partial charge in [-0.15, -0.1) is 22.7 Å². The lowest BCUT2D eigenvalue weighted by atomic mass is 10.2. The molecule has 5 N–H and O–H groups in total. The first kappa shape index (κ1) is 46.6. The van der Waals surface area contributed by atoms with E-state index in [1.54, 1.807) is 0 Å². The van der Waals surface area contributed by atoms with Gasteiger partial charge >= 0.3 is 5.97 Å². The molecular weight excluding hydrogens is 791 g/mol. The standard InChI is InChI=1S/C18H23N3O4S2.C11H14N2O5S.C6H10N2S/c1-12(2)16-11-26-17(20-16)9-14(22)10-19-18(23)13-6-5-7-15(8-13)27(24,25)21(3)4;1-13(2)19(17,18)9-5-3-4-8(6-9)11(16)12-7-10(14)15;1-4(2)5-3-9-6(7)8-5/h5-8,11-12H,9-10H2,1-4H3,(H,19,23);3-6H,7H2,1-2H3,(H,12,16)(H,14,15);3-4H,1-2H3,(H2,7,8). The topological polar surface area (TPSA) is 239 Å². The molecule has 0 aliphatic carbocycles. The van der Waals surface area contributed by atoms with Crippen LogP contribution < -0.4 is 16.4 Å². The van der Waals surface area contributed by atoms with E-state index in [1.807, 2.05) is 24.6 Å². The van der Waals surface area contributed by atoms with Gasteiger partial charge in [0.25, 0.3) is 11.8 Å². The molecule has 0 bridgehead atoms. The minimum absolute atomic E-state index is 0.0236. The number of anilines is 1. The van der Waals surface area contributed by atoms with Gasteiger partial charge in [0.05, 0.1) is 34.1 Å². The Hall–Kier alpha value is -4.60. The predicted octanol–water partition coefficient (Wildman–Crippen LogP) is 3.66. The second-order valence-electron chi connectivity index (χ2n) is 12.7. The van der Waals surface area contributed by atoms with E-state index in [1.165, 1.54) is 99.4 Å². The van der Waals surface area contributed by atoms with E-state index in [9.17, 15) is 36.0 Å². The van der Waals surface area contributed by atoms with E-state index in [-0.39, 0.29) is 39.7 Å². The zero-order valence-corrected chi connectivity index (χ0v) is 35.0. The Morgan fingerprint density at radius 2 is 1.16 bits per heavy atom. The number of thiazole rings is 2. The predicted molar refractivity (Wildman–Crippen MR) is 212 cm³/mol. The monoisotopic (exact) mass is 837 g/mol. The minimum Gasteiger partial charge on any atom is -0.480 e. The largest absolute Gasteiger partial charge is 0.480 e. The van der Waals surface area contributed by atoms with Gasteiger partial charge in [-0.25, -0.2) is 35.4 Å². The molecule has 2 aromatic carbocycles. The van der Waals surface area contributed by atoms with Crippen molar-refractivity contribution in [2.24, 2.45) is 0 Å². The van der Waals surface area contributed by atoms with Crippen LogP contribution in [0.1, 0.15) is 76.6 Å². The molecule has 0 atom stereocenters. The van der Waals surface area contributed by atoms with Crippen molar-refractivity contribution in [1.29, 1.82) is 0 Å². The molecule has 20 heteroatoms. The van der Waals surface area contributed by atoms with Gasteiger partial charge in [0.1, 0.15) is 11.6 Å². The van der Waals surface area contributed by atoms with Crippen LogP contribution in [-0.2, 0) is 36.1 Å². The number of aromatic nitrogens is 2. The van der Waals surface area contributed by atoms with Crippen molar-refractivity contribution in [3.05, 3.63) is 86.8 Å². The molecule has 2 aromatic heterocycles. The van der Waals surface area contributed by atoms with Gasteiger partial charge in [-0.2, -0.15) is 0 Å². The van der Waals surface area contributed by atoms with Crippen molar-refractivity contribution in [3.8, 4) is 0 Å². The van der Waals surface area contributed by atoms with Crippen LogP contribution in [0.4, 0.5) is 5.13 Å². The summed E-state index contributed by atoms with van der Waals surface area (Å²) in [5.41, 5.74) is 7.74. The number of benzene rings is 2. The maximum absolute atomic E-state index is 12.3. The second kappa shape index (κ2) is 20.9. The lowest BCUT2D eigenvalue weighted by Gasteiger charge is -2.12. The third-order valence-electron chi connectivity index (χ3n) is 7.24. The molecule has 4 aromatic rings. The molecule has 2 heterocycles. The van der Waals surface area contributed by atoms with E-state index in [0.29, 0.717) is 17.0 Å². The molecule has 0 radical (unpaired) electrons. The van der Waals surface area contributed by atoms with Crippen LogP contribution in [0.2, 0.25) is 0 Å². The van der Waals surface area contributed by atoms with Crippen LogP contribution in [0.15, 0.2) is 69.1 Å². The number of Topliss-reactive ketones (excluding diaryl/α,β-unsaturated/α-hetero) is 1. The van der Waals surface area contributed by atoms with Crippen molar-refractivity contribution in [1.82, 2.24) is 29.2 Å². The number of hydrogen-bond acceptors (Lipinski definition) is 13. The first-order valence-corrected chi connectivity index (χ1v) is 21.2. The average molecular weight is 838 g/mol. The number of nitrogen functional groups attached to an aromatic ring is 1. The Balaban J connectivity index is 0.000000322. The van der Waals surface area contributed by atoms with Crippen LogP contribution in [0, 0.1) is 0 Å².